The topological polar surface area (TPSA) is 20.9 Å². The molecule has 0 N–H and O–H groups in total. The van der Waals surface area contributed by atoms with E-state index in [-0.39, 0.29) is 5.78 Å². The van der Waals surface area contributed by atoms with Gasteiger partial charge in [0.2, 0.25) is 17.8 Å². The second-order valence-corrected chi connectivity index (χ2v) is 5.16. The van der Waals surface area contributed by atoms with Crippen LogP contribution >= 0.6 is 11.6 Å². The van der Waals surface area contributed by atoms with E-state index in [2.05, 4.69) is 0 Å². The summed E-state index contributed by atoms with van der Waals surface area (Å²) in [6.45, 7) is 0.299. The van der Waals surface area contributed by atoms with Crippen LogP contribution in [-0.4, -0.2) is 5.78 Å². The van der Waals surface area contributed by atoms with E-state index in [0.717, 1.165) is 22.2 Å². The zero-order chi connectivity index (χ0) is 14.7. The first-order valence-corrected chi connectivity index (χ1v) is 7.38. The molecule has 0 spiro atoms. The zero-order valence-electron chi connectivity index (χ0n) is 11.5. The van der Waals surface area contributed by atoms with E-state index in [1.54, 1.807) is 0 Å². The van der Waals surface area contributed by atoms with E-state index in [1.807, 2.05) is 71.3 Å². The van der Waals surface area contributed by atoms with Gasteiger partial charge < -0.3 is 0 Å². The highest BCUT2D eigenvalue weighted by molar-refractivity contribution is 6.16. The summed E-state index contributed by atoms with van der Waals surface area (Å²) in [5.74, 6) is 0.468. The minimum atomic E-state index is 0.0864. The molecule has 3 aromatic rings. The lowest BCUT2D eigenvalue weighted by Gasteiger charge is -2.05. The summed E-state index contributed by atoms with van der Waals surface area (Å²) in [6, 6.07) is 21.4. The molecule has 0 fully saturated rings. The van der Waals surface area contributed by atoms with Crippen LogP contribution in [0.2, 0.25) is 0 Å². The van der Waals surface area contributed by atoms with Crippen LogP contribution in [0.1, 0.15) is 16.1 Å². The van der Waals surface area contributed by atoms with Crippen LogP contribution in [0.5, 0.6) is 0 Å². The SMILES string of the molecule is O=C(C[n+]1c(CCl)ccc2ccccc21)c1ccccc1. The van der Waals surface area contributed by atoms with Gasteiger partial charge in [-0.1, -0.05) is 42.5 Å². The van der Waals surface area contributed by atoms with Gasteiger partial charge in [0.05, 0.1) is 0 Å². The van der Waals surface area contributed by atoms with Crippen molar-refractivity contribution in [2.24, 2.45) is 0 Å². The first-order valence-electron chi connectivity index (χ1n) is 6.84. The number of carbonyl (C=O) groups excluding carboxylic acids is 1. The van der Waals surface area contributed by atoms with Crippen molar-refractivity contribution in [3.05, 3.63) is 78.0 Å². The Bertz CT molecular complexity index is 784. The maximum Gasteiger partial charge on any atom is 0.227 e. The number of rotatable bonds is 4. The molecule has 21 heavy (non-hydrogen) atoms. The summed E-state index contributed by atoms with van der Waals surface area (Å²) in [7, 11) is 0. The number of hydrogen-bond donors (Lipinski definition) is 0. The van der Waals surface area contributed by atoms with Gasteiger partial charge >= 0.3 is 0 Å². The van der Waals surface area contributed by atoms with Gasteiger partial charge in [-0.3, -0.25) is 4.79 Å². The second kappa shape index (κ2) is 6.06. The highest BCUT2D eigenvalue weighted by Crippen LogP contribution is 2.12. The predicted octanol–water partition coefficient (Wildman–Crippen LogP) is 3.75. The van der Waals surface area contributed by atoms with Crippen molar-refractivity contribution < 1.29 is 9.36 Å². The van der Waals surface area contributed by atoms with Crippen molar-refractivity contribution in [3.63, 3.8) is 0 Å². The van der Waals surface area contributed by atoms with Crippen LogP contribution in [0.25, 0.3) is 10.9 Å². The highest BCUT2D eigenvalue weighted by Gasteiger charge is 2.19. The van der Waals surface area contributed by atoms with Gasteiger partial charge in [0.1, 0.15) is 5.88 Å². The maximum absolute atomic E-state index is 12.5. The normalized spacial score (nSPS) is 10.7. The van der Waals surface area contributed by atoms with Crippen molar-refractivity contribution in [3.8, 4) is 0 Å². The number of aromatic nitrogens is 1. The molecule has 0 amide bonds. The number of ketones is 1. The number of Topliss-reactive ketones (excluding diaryl/α,β-unsaturated/α-hetero) is 1. The number of alkyl halides is 1. The molecule has 0 unspecified atom stereocenters. The standard InChI is InChI=1S/C18H15ClNO/c19-12-16-11-10-14-6-4-5-9-17(14)20(16)13-18(21)15-7-2-1-3-8-15/h1-11H,12-13H2/q+1. The van der Waals surface area contributed by atoms with Crippen molar-refractivity contribution in [1.29, 1.82) is 0 Å². The Morgan fingerprint density at radius 1 is 0.905 bits per heavy atom. The summed E-state index contributed by atoms with van der Waals surface area (Å²) in [4.78, 5) is 12.5. The lowest BCUT2D eigenvalue weighted by atomic mass is 10.1. The van der Waals surface area contributed by atoms with Gasteiger partial charge in [0.25, 0.3) is 0 Å². The number of benzene rings is 2. The Hall–Kier alpha value is -2.19. The summed E-state index contributed by atoms with van der Waals surface area (Å²) >= 11 is 6.03. The molecule has 0 saturated heterocycles. The molecule has 0 atom stereocenters. The van der Waals surface area contributed by atoms with Crippen LogP contribution in [-0.2, 0) is 12.4 Å². The number of fused-ring (bicyclic) bond motifs is 1. The molecule has 0 bridgehead atoms. The van der Waals surface area contributed by atoms with E-state index in [4.69, 9.17) is 11.6 Å². The molecule has 0 aliphatic heterocycles. The quantitative estimate of drug-likeness (QED) is 0.408. The third-order valence-electron chi connectivity index (χ3n) is 3.56. The van der Waals surface area contributed by atoms with Crippen molar-refractivity contribution in [1.82, 2.24) is 0 Å². The van der Waals surface area contributed by atoms with Gasteiger partial charge in [-0.15, -0.1) is 11.6 Å². The molecule has 3 heteroatoms. The molecule has 2 aromatic carbocycles. The van der Waals surface area contributed by atoms with E-state index in [9.17, 15) is 4.79 Å². The molecule has 0 aliphatic carbocycles. The highest BCUT2D eigenvalue weighted by atomic mass is 35.5. The average Bonchev–Trinajstić information content (AvgIpc) is 2.56. The smallest absolute Gasteiger partial charge is 0.227 e. The fourth-order valence-electron chi connectivity index (χ4n) is 2.47. The van der Waals surface area contributed by atoms with Gasteiger partial charge in [0, 0.05) is 23.1 Å². The average molecular weight is 297 g/mol. The first-order chi connectivity index (χ1) is 10.3. The maximum atomic E-state index is 12.5. The van der Waals surface area contributed by atoms with Gasteiger partial charge in [-0.25, -0.2) is 0 Å². The molecular formula is C18H15ClNO+. The number of hydrogen-bond acceptors (Lipinski definition) is 1. The van der Waals surface area contributed by atoms with Crippen molar-refractivity contribution >= 4 is 28.3 Å². The van der Waals surface area contributed by atoms with E-state index in [0.29, 0.717) is 12.4 Å². The number of carbonyl (C=O) groups is 1. The van der Waals surface area contributed by atoms with Crippen molar-refractivity contribution in [2.75, 3.05) is 0 Å². The molecule has 2 nitrogen and oxygen atoms in total. The lowest BCUT2D eigenvalue weighted by molar-refractivity contribution is -0.663. The molecule has 1 aromatic heterocycles. The Kier molecular flexibility index (Phi) is 3.98. The Labute approximate surface area is 128 Å². The summed E-state index contributed by atoms with van der Waals surface area (Å²) in [5.41, 5.74) is 2.69. The van der Waals surface area contributed by atoms with Crippen LogP contribution in [0.3, 0.4) is 0 Å². The second-order valence-electron chi connectivity index (χ2n) is 4.89. The number of halogens is 1. The molecule has 3 rings (SSSR count). The fourth-order valence-corrected chi connectivity index (χ4v) is 2.70. The Morgan fingerprint density at radius 3 is 2.38 bits per heavy atom. The number of para-hydroxylation sites is 1. The van der Waals surface area contributed by atoms with Gasteiger partial charge in [0.15, 0.2) is 5.69 Å². The van der Waals surface area contributed by atoms with E-state index >= 15 is 0 Å². The minimum Gasteiger partial charge on any atom is -0.287 e. The third-order valence-corrected chi connectivity index (χ3v) is 3.84. The van der Waals surface area contributed by atoms with Crippen LogP contribution < -0.4 is 4.57 Å². The molecule has 0 saturated carbocycles. The fraction of sp³-hybridized carbons (Fsp3) is 0.111. The van der Waals surface area contributed by atoms with Gasteiger partial charge in [-0.05, 0) is 12.1 Å². The molecule has 104 valence electrons. The Morgan fingerprint density at radius 2 is 1.62 bits per heavy atom. The van der Waals surface area contributed by atoms with Crippen molar-refractivity contribution in [2.45, 2.75) is 12.4 Å². The monoisotopic (exact) mass is 296 g/mol. The molecular weight excluding hydrogens is 282 g/mol. The lowest BCUT2D eigenvalue weighted by Crippen LogP contribution is -2.42. The number of pyridine rings is 1. The molecule has 0 radical (unpaired) electrons. The van der Waals surface area contributed by atoms with Crippen LogP contribution in [0.15, 0.2) is 66.7 Å². The summed E-state index contributed by atoms with van der Waals surface area (Å²) < 4.78 is 2.00. The third kappa shape index (κ3) is 2.81. The first kappa shape index (κ1) is 13.8. The Balaban J connectivity index is 2.05. The minimum absolute atomic E-state index is 0.0864. The van der Waals surface area contributed by atoms with Gasteiger partial charge in [-0.2, -0.15) is 4.57 Å². The van der Waals surface area contributed by atoms with Crippen LogP contribution in [0.4, 0.5) is 0 Å². The predicted molar refractivity (Wildman–Crippen MR) is 84.5 cm³/mol. The molecule has 1 heterocycles. The number of nitrogens with zero attached hydrogens (tertiary/aromatic N) is 1. The summed E-state index contributed by atoms with van der Waals surface area (Å²) in [6.07, 6.45) is 0. The van der Waals surface area contributed by atoms with Crippen LogP contribution in [0, 0.1) is 0 Å². The zero-order valence-corrected chi connectivity index (χ0v) is 12.3. The largest absolute Gasteiger partial charge is 0.287 e. The summed E-state index contributed by atoms with van der Waals surface area (Å²) in [5, 5.41) is 1.10. The van der Waals surface area contributed by atoms with E-state index in [1.165, 1.54) is 0 Å². The molecule has 0 aliphatic rings. The van der Waals surface area contributed by atoms with E-state index < -0.39 is 0 Å².